The number of carbonyl (C=O) groups is 1. The molecule has 4 nitrogen and oxygen atoms in total. The zero-order valence-corrected chi connectivity index (χ0v) is 11.3. The Hall–Kier alpha value is -1.86. The molecule has 0 saturated heterocycles. The van der Waals surface area contributed by atoms with Gasteiger partial charge in [0.2, 0.25) is 0 Å². The van der Waals surface area contributed by atoms with E-state index < -0.39 is 11.1 Å². The summed E-state index contributed by atoms with van der Waals surface area (Å²) in [5.74, 6) is 0. The van der Waals surface area contributed by atoms with Crippen molar-refractivity contribution < 1.29 is 13.6 Å². The predicted octanol–water partition coefficient (Wildman–Crippen LogP) is 3.56. The van der Waals surface area contributed by atoms with Gasteiger partial charge in [-0.2, -0.15) is 13.9 Å². The van der Waals surface area contributed by atoms with Crippen molar-refractivity contribution in [1.29, 1.82) is 0 Å². The number of hydrogen-bond acceptors (Lipinski definition) is 4. The van der Waals surface area contributed by atoms with Gasteiger partial charge in [0, 0.05) is 6.07 Å². The molecule has 0 saturated carbocycles. The van der Waals surface area contributed by atoms with Crippen molar-refractivity contribution in [2.45, 2.75) is 5.38 Å². The highest BCUT2D eigenvalue weighted by molar-refractivity contribution is 7.13. The Bertz CT molecular complexity index is 780. The van der Waals surface area contributed by atoms with E-state index in [9.17, 15) is 13.6 Å². The van der Waals surface area contributed by atoms with Crippen LogP contribution in [0.1, 0.15) is 16.2 Å². The fraction of sp³-hybridized carbons (Fsp3) is 0.0833. The summed E-state index contributed by atoms with van der Waals surface area (Å²) in [5.41, 5.74) is -0.00263. The summed E-state index contributed by atoms with van der Waals surface area (Å²) in [6.45, 7) is 0. The molecule has 0 aromatic carbocycles. The molecule has 3 heterocycles. The fourth-order valence-corrected chi connectivity index (χ4v) is 2.62. The standard InChI is InChI=1S/C12H6ClF2N3OS/c13-12(14,15)10-5-8(9-2-1-3-20-9)16-11-4-7(6-19)17-18(10)11/h1-6H. The molecule has 20 heavy (non-hydrogen) atoms. The average molecular weight is 314 g/mol. The number of halogens is 3. The minimum Gasteiger partial charge on any atom is -0.296 e. The molecule has 8 heteroatoms. The first-order valence-electron chi connectivity index (χ1n) is 5.46. The van der Waals surface area contributed by atoms with Crippen molar-refractivity contribution in [1.82, 2.24) is 14.6 Å². The van der Waals surface area contributed by atoms with E-state index in [4.69, 9.17) is 11.6 Å². The molecule has 0 unspecified atom stereocenters. The van der Waals surface area contributed by atoms with Gasteiger partial charge in [-0.05, 0) is 29.1 Å². The van der Waals surface area contributed by atoms with Crippen molar-refractivity contribution in [3.05, 3.63) is 41.0 Å². The van der Waals surface area contributed by atoms with Gasteiger partial charge in [-0.3, -0.25) is 4.79 Å². The molecule has 0 fully saturated rings. The third-order valence-electron chi connectivity index (χ3n) is 2.63. The summed E-state index contributed by atoms with van der Waals surface area (Å²) in [4.78, 5) is 15.7. The Labute approximate surface area is 120 Å². The van der Waals surface area contributed by atoms with Gasteiger partial charge < -0.3 is 0 Å². The summed E-state index contributed by atoms with van der Waals surface area (Å²) < 4.78 is 27.9. The summed E-state index contributed by atoms with van der Waals surface area (Å²) in [6, 6.07) is 6.05. The van der Waals surface area contributed by atoms with Crippen LogP contribution in [-0.2, 0) is 5.38 Å². The van der Waals surface area contributed by atoms with Crippen molar-refractivity contribution in [2.75, 3.05) is 0 Å². The molecular formula is C12H6ClF2N3OS. The lowest BCUT2D eigenvalue weighted by atomic mass is 10.3. The van der Waals surface area contributed by atoms with Crippen LogP contribution in [0.2, 0.25) is 0 Å². The predicted molar refractivity (Wildman–Crippen MR) is 71.4 cm³/mol. The molecule has 0 bridgehead atoms. The van der Waals surface area contributed by atoms with Crippen LogP contribution in [0.25, 0.3) is 16.2 Å². The molecule has 0 amide bonds. The van der Waals surface area contributed by atoms with Crippen LogP contribution in [0.15, 0.2) is 29.6 Å². The number of nitrogens with zero attached hydrogens (tertiary/aromatic N) is 3. The number of aldehydes is 1. The number of alkyl halides is 3. The third kappa shape index (κ3) is 2.19. The number of carbonyl (C=O) groups excluding carboxylic acids is 1. The molecule has 0 aliphatic rings. The highest BCUT2D eigenvalue weighted by Gasteiger charge is 2.33. The minimum atomic E-state index is -3.61. The lowest BCUT2D eigenvalue weighted by molar-refractivity contribution is 0.0871. The first kappa shape index (κ1) is 13.1. The minimum absolute atomic E-state index is 0.0167. The molecule has 3 rings (SSSR count). The van der Waals surface area contributed by atoms with Crippen molar-refractivity contribution in [3.8, 4) is 10.6 Å². The van der Waals surface area contributed by atoms with E-state index in [0.29, 0.717) is 12.0 Å². The van der Waals surface area contributed by atoms with E-state index in [1.807, 2.05) is 5.38 Å². The van der Waals surface area contributed by atoms with Gasteiger partial charge in [-0.25, -0.2) is 9.50 Å². The zero-order valence-electron chi connectivity index (χ0n) is 9.76. The molecule has 0 aliphatic heterocycles. The quantitative estimate of drug-likeness (QED) is 0.548. The summed E-state index contributed by atoms with van der Waals surface area (Å²) in [6.07, 6.45) is 0.468. The normalized spacial score (nSPS) is 11.9. The number of rotatable bonds is 3. The van der Waals surface area contributed by atoms with Gasteiger partial charge in [-0.1, -0.05) is 6.07 Å². The average Bonchev–Trinajstić information content (AvgIpc) is 3.04. The molecule has 0 spiro atoms. The monoisotopic (exact) mass is 313 g/mol. The Balaban J connectivity index is 2.33. The van der Waals surface area contributed by atoms with Crippen molar-refractivity contribution in [2.24, 2.45) is 0 Å². The van der Waals surface area contributed by atoms with Crippen molar-refractivity contribution >= 4 is 34.9 Å². The fourth-order valence-electron chi connectivity index (χ4n) is 1.80. The Morgan fingerprint density at radius 3 is 2.80 bits per heavy atom. The molecule has 3 aromatic rings. The van der Waals surface area contributed by atoms with Gasteiger partial charge in [0.25, 0.3) is 0 Å². The topological polar surface area (TPSA) is 47.3 Å². The van der Waals surface area contributed by atoms with Crippen LogP contribution in [0, 0.1) is 0 Å². The van der Waals surface area contributed by atoms with Crippen LogP contribution in [0.4, 0.5) is 8.78 Å². The number of hydrogen-bond donors (Lipinski definition) is 0. The number of aromatic nitrogens is 3. The van der Waals surface area contributed by atoms with Crippen LogP contribution < -0.4 is 0 Å². The molecule has 102 valence electrons. The number of fused-ring (bicyclic) bond motifs is 1. The maximum atomic E-state index is 13.5. The Morgan fingerprint density at radius 2 is 2.20 bits per heavy atom. The summed E-state index contributed by atoms with van der Waals surface area (Å²) in [5, 5.41) is 1.95. The maximum absolute atomic E-state index is 13.5. The van der Waals surface area contributed by atoms with Crippen LogP contribution in [-0.4, -0.2) is 20.9 Å². The van der Waals surface area contributed by atoms with E-state index in [-0.39, 0.29) is 11.3 Å². The largest absolute Gasteiger partial charge is 0.364 e. The van der Waals surface area contributed by atoms with Crippen LogP contribution >= 0.6 is 22.9 Å². The van der Waals surface area contributed by atoms with E-state index in [2.05, 4.69) is 10.1 Å². The summed E-state index contributed by atoms with van der Waals surface area (Å²) in [7, 11) is 0. The second kappa shape index (κ2) is 4.60. The number of thiophene rings is 1. The van der Waals surface area contributed by atoms with Gasteiger partial charge in [0.1, 0.15) is 11.4 Å². The molecular weight excluding hydrogens is 308 g/mol. The lowest BCUT2D eigenvalue weighted by Crippen LogP contribution is -2.12. The SMILES string of the molecule is O=Cc1cc2nc(-c3cccs3)cc(C(F)(F)Cl)n2n1. The highest BCUT2D eigenvalue weighted by atomic mass is 35.5. The first-order valence-corrected chi connectivity index (χ1v) is 6.72. The molecule has 3 aromatic heterocycles. The first-order chi connectivity index (χ1) is 9.49. The van der Waals surface area contributed by atoms with E-state index >= 15 is 0 Å². The Kier molecular flexibility index (Phi) is 3.02. The third-order valence-corrected chi connectivity index (χ3v) is 3.72. The molecule has 0 atom stereocenters. The lowest BCUT2D eigenvalue weighted by Gasteiger charge is -2.11. The van der Waals surface area contributed by atoms with Crippen LogP contribution in [0.5, 0.6) is 0 Å². The molecule has 0 N–H and O–H groups in total. The maximum Gasteiger partial charge on any atom is 0.364 e. The van der Waals surface area contributed by atoms with Gasteiger partial charge >= 0.3 is 5.38 Å². The van der Waals surface area contributed by atoms with Gasteiger partial charge in [0.15, 0.2) is 11.9 Å². The van der Waals surface area contributed by atoms with Crippen molar-refractivity contribution in [3.63, 3.8) is 0 Å². The van der Waals surface area contributed by atoms with E-state index in [0.717, 1.165) is 9.39 Å². The smallest absolute Gasteiger partial charge is 0.296 e. The van der Waals surface area contributed by atoms with Gasteiger partial charge in [0.05, 0.1) is 10.6 Å². The zero-order chi connectivity index (χ0) is 14.3. The van der Waals surface area contributed by atoms with Crippen LogP contribution in [0.3, 0.4) is 0 Å². The molecule has 0 aliphatic carbocycles. The Morgan fingerprint density at radius 1 is 1.40 bits per heavy atom. The second-order valence-electron chi connectivity index (χ2n) is 3.96. The molecule has 0 radical (unpaired) electrons. The highest BCUT2D eigenvalue weighted by Crippen LogP contribution is 2.35. The van der Waals surface area contributed by atoms with E-state index in [1.165, 1.54) is 23.5 Å². The van der Waals surface area contributed by atoms with Gasteiger partial charge in [-0.15, -0.1) is 11.3 Å². The summed E-state index contributed by atoms with van der Waals surface area (Å²) >= 11 is 6.48. The van der Waals surface area contributed by atoms with E-state index in [1.54, 1.807) is 12.1 Å². The second-order valence-corrected chi connectivity index (χ2v) is 5.38.